The summed E-state index contributed by atoms with van der Waals surface area (Å²) < 4.78 is 6.06. The highest BCUT2D eigenvalue weighted by molar-refractivity contribution is 7.15. The number of amides is 1. The molecular weight excluding hydrogens is 450 g/mol. The van der Waals surface area contributed by atoms with E-state index in [0.717, 1.165) is 58.6 Å². The van der Waals surface area contributed by atoms with Crippen molar-refractivity contribution >= 4 is 44.2 Å². The minimum Gasteiger partial charge on any atom is -0.490 e. The standard InChI is InChI=1S/C25H29N5O3S/c1-17-13-26-25(34-17)28-23(32)15-30-11-9-29(10-12-30)14-18(31)16-33-22-8-4-7-21-24(22)19-5-2-3-6-20(19)27-21/h2-8,13,18,27,31H,9-12,14-16H2,1H3,(H,26,28,32). The van der Waals surface area contributed by atoms with Crippen molar-refractivity contribution in [2.24, 2.45) is 0 Å². The number of fused-ring (bicyclic) bond motifs is 3. The molecule has 4 aromatic rings. The van der Waals surface area contributed by atoms with Crippen LogP contribution in [0.25, 0.3) is 21.8 Å². The Balaban J connectivity index is 1.09. The van der Waals surface area contributed by atoms with Crippen molar-refractivity contribution in [1.82, 2.24) is 19.8 Å². The lowest BCUT2D eigenvalue weighted by Gasteiger charge is -2.35. The number of aromatic nitrogens is 2. The minimum absolute atomic E-state index is 0.0392. The molecule has 178 valence electrons. The van der Waals surface area contributed by atoms with Crippen LogP contribution in [0, 0.1) is 6.92 Å². The molecule has 1 atom stereocenters. The van der Waals surface area contributed by atoms with Crippen molar-refractivity contribution in [2.45, 2.75) is 13.0 Å². The minimum atomic E-state index is -0.594. The second-order valence-electron chi connectivity index (χ2n) is 8.72. The molecule has 34 heavy (non-hydrogen) atoms. The molecule has 3 heterocycles. The number of hydrogen-bond donors (Lipinski definition) is 3. The maximum Gasteiger partial charge on any atom is 0.240 e. The number of nitrogens with one attached hydrogen (secondary N) is 2. The fourth-order valence-electron chi connectivity index (χ4n) is 4.43. The fourth-order valence-corrected chi connectivity index (χ4v) is 5.11. The normalized spacial score (nSPS) is 16.2. The van der Waals surface area contributed by atoms with Crippen LogP contribution in [0.2, 0.25) is 0 Å². The maximum absolute atomic E-state index is 12.3. The molecule has 0 spiro atoms. The number of benzene rings is 2. The lowest BCUT2D eigenvalue weighted by molar-refractivity contribution is -0.117. The van der Waals surface area contributed by atoms with E-state index < -0.39 is 6.10 Å². The number of rotatable bonds is 8. The second-order valence-corrected chi connectivity index (χ2v) is 9.95. The zero-order valence-corrected chi connectivity index (χ0v) is 20.0. The number of β-amino-alcohol motifs (C(OH)–C–C–N with tert-alkyl or cyclic N) is 1. The van der Waals surface area contributed by atoms with Crippen molar-refractivity contribution in [3.05, 3.63) is 53.5 Å². The molecule has 0 aliphatic carbocycles. The van der Waals surface area contributed by atoms with Crippen molar-refractivity contribution in [3.8, 4) is 5.75 Å². The lowest BCUT2D eigenvalue weighted by atomic mass is 10.1. The summed E-state index contributed by atoms with van der Waals surface area (Å²) in [7, 11) is 0. The first-order valence-electron chi connectivity index (χ1n) is 11.5. The molecular formula is C25H29N5O3S. The molecule has 1 fully saturated rings. The summed E-state index contributed by atoms with van der Waals surface area (Å²) in [6.45, 7) is 6.27. The first-order chi connectivity index (χ1) is 16.5. The summed E-state index contributed by atoms with van der Waals surface area (Å²) in [6.07, 6.45) is 1.16. The van der Waals surface area contributed by atoms with Crippen LogP contribution in [-0.4, -0.2) is 82.8 Å². The van der Waals surface area contributed by atoms with Crippen LogP contribution < -0.4 is 10.1 Å². The number of aliphatic hydroxyl groups is 1. The first-order valence-corrected chi connectivity index (χ1v) is 12.3. The van der Waals surface area contributed by atoms with Crippen LogP contribution in [-0.2, 0) is 4.79 Å². The van der Waals surface area contributed by atoms with Gasteiger partial charge in [0.05, 0.1) is 12.1 Å². The number of aryl methyl sites for hydroxylation is 1. The van der Waals surface area contributed by atoms with E-state index in [1.165, 1.54) is 11.3 Å². The number of H-pyrrole nitrogens is 1. The summed E-state index contributed by atoms with van der Waals surface area (Å²) in [5.41, 5.74) is 2.10. The van der Waals surface area contributed by atoms with Gasteiger partial charge in [-0.1, -0.05) is 24.3 Å². The third kappa shape index (κ3) is 5.23. The lowest BCUT2D eigenvalue weighted by Crippen LogP contribution is -2.50. The Kier molecular flexibility index (Phi) is 6.77. The first kappa shape index (κ1) is 22.8. The summed E-state index contributed by atoms with van der Waals surface area (Å²) in [5, 5.41) is 16.3. The van der Waals surface area contributed by atoms with Crippen molar-refractivity contribution < 1.29 is 14.6 Å². The number of para-hydroxylation sites is 1. The fraction of sp³-hybridized carbons (Fsp3) is 0.360. The molecule has 0 radical (unpaired) electrons. The van der Waals surface area contributed by atoms with Crippen LogP contribution in [0.3, 0.4) is 0 Å². The van der Waals surface area contributed by atoms with E-state index in [9.17, 15) is 9.90 Å². The highest BCUT2D eigenvalue weighted by atomic mass is 32.1. The number of anilines is 1. The number of nitrogens with zero attached hydrogens (tertiary/aromatic N) is 3. The van der Waals surface area contributed by atoms with Crippen LogP contribution in [0.4, 0.5) is 5.13 Å². The summed E-state index contributed by atoms with van der Waals surface area (Å²) in [6, 6.07) is 14.1. The van der Waals surface area contributed by atoms with Gasteiger partial charge in [-0.2, -0.15) is 0 Å². The number of hydrogen-bond acceptors (Lipinski definition) is 7. The Bertz CT molecular complexity index is 1280. The van der Waals surface area contributed by atoms with Gasteiger partial charge >= 0.3 is 0 Å². The summed E-state index contributed by atoms with van der Waals surface area (Å²) in [5.74, 6) is 0.739. The zero-order chi connectivity index (χ0) is 23.5. The molecule has 2 aromatic heterocycles. The van der Waals surface area contributed by atoms with Gasteiger partial charge in [-0.05, 0) is 25.1 Å². The monoisotopic (exact) mass is 479 g/mol. The highest BCUT2D eigenvalue weighted by Crippen LogP contribution is 2.33. The van der Waals surface area contributed by atoms with E-state index in [1.54, 1.807) is 6.20 Å². The van der Waals surface area contributed by atoms with E-state index in [0.29, 0.717) is 18.2 Å². The van der Waals surface area contributed by atoms with E-state index >= 15 is 0 Å². The molecule has 0 saturated carbocycles. The second kappa shape index (κ2) is 10.1. The van der Waals surface area contributed by atoms with Gasteiger partial charge in [-0.3, -0.25) is 14.6 Å². The number of carbonyl (C=O) groups excluding carboxylic acids is 1. The van der Waals surface area contributed by atoms with Crippen LogP contribution in [0.1, 0.15) is 4.88 Å². The molecule has 1 amide bonds. The van der Waals surface area contributed by atoms with Gasteiger partial charge in [0, 0.05) is 60.1 Å². The predicted molar refractivity (Wildman–Crippen MR) is 136 cm³/mol. The molecule has 1 aliphatic heterocycles. The van der Waals surface area contributed by atoms with Gasteiger partial charge in [0.25, 0.3) is 0 Å². The van der Waals surface area contributed by atoms with E-state index in [-0.39, 0.29) is 12.5 Å². The Labute approximate surface area is 202 Å². The van der Waals surface area contributed by atoms with E-state index in [2.05, 4.69) is 37.2 Å². The zero-order valence-electron chi connectivity index (χ0n) is 19.2. The number of thiazole rings is 1. The Morgan fingerprint density at radius 3 is 2.71 bits per heavy atom. The van der Waals surface area contributed by atoms with Crippen molar-refractivity contribution in [3.63, 3.8) is 0 Å². The molecule has 1 saturated heterocycles. The number of carbonyl (C=O) groups is 1. The smallest absolute Gasteiger partial charge is 0.240 e. The molecule has 5 rings (SSSR count). The largest absolute Gasteiger partial charge is 0.490 e. The van der Waals surface area contributed by atoms with Gasteiger partial charge in [0.2, 0.25) is 5.91 Å². The van der Waals surface area contributed by atoms with E-state index in [1.807, 2.05) is 37.3 Å². The van der Waals surface area contributed by atoms with Crippen LogP contribution in [0.5, 0.6) is 5.75 Å². The van der Waals surface area contributed by atoms with Gasteiger partial charge in [0.15, 0.2) is 5.13 Å². The predicted octanol–water partition coefficient (Wildman–Crippen LogP) is 3.08. The molecule has 0 bridgehead atoms. The number of aliphatic hydroxyl groups excluding tert-OH is 1. The van der Waals surface area contributed by atoms with Crippen molar-refractivity contribution in [2.75, 3.05) is 51.2 Å². The Hall–Kier alpha value is -2.98. The molecule has 8 nitrogen and oxygen atoms in total. The quantitative estimate of drug-likeness (QED) is 0.360. The van der Waals surface area contributed by atoms with E-state index in [4.69, 9.17) is 4.74 Å². The molecule has 1 aliphatic rings. The average Bonchev–Trinajstić information content (AvgIpc) is 3.42. The van der Waals surface area contributed by atoms with Gasteiger partial charge in [-0.25, -0.2) is 4.98 Å². The van der Waals surface area contributed by atoms with Gasteiger partial charge < -0.3 is 20.1 Å². The van der Waals surface area contributed by atoms with Gasteiger partial charge in [0.1, 0.15) is 18.5 Å². The highest BCUT2D eigenvalue weighted by Gasteiger charge is 2.21. The number of aromatic amines is 1. The maximum atomic E-state index is 12.3. The van der Waals surface area contributed by atoms with Crippen LogP contribution in [0.15, 0.2) is 48.7 Å². The van der Waals surface area contributed by atoms with Crippen LogP contribution >= 0.6 is 11.3 Å². The number of ether oxygens (including phenoxy) is 1. The molecule has 1 unspecified atom stereocenters. The summed E-state index contributed by atoms with van der Waals surface area (Å²) >= 11 is 1.48. The van der Waals surface area contributed by atoms with Crippen molar-refractivity contribution in [1.29, 1.82) is 0 Å². The Morgan fingerprint density at radius 2 is 1.91 bits per heavy atom. The number of piperazine rings is 1. The SMILES string of the molecule is Cc1cnc(NC(=O)CN2CCN(CC(O)COc3cccc4[nH]c5ccccc5c34)CC2)s1. The third-order valence-electron chi connectivity index (χ3n) is 6.09. The Morgan fingerprint density at radius 1 is 1.15 bits per heavy atom. The third-order valence-corrected chi connectivity index (χ3v) is 6.92. The summed E-state index contributed by atoms with van der Waals surface area (Å²) in [4.78, 5) is 25.3. The van der Waals surface area contributed by atoms with Gasteiger partial charge in [-0.15, -0.1) is 11.3 Å². The topological polar surface area (TPSA) is 93.7 Å². The molecule has 9 heteroatoms. The molecule has 2 aromatic carbocycles. The average molecular weight is 480 g/mol. The molecule has 3 N–H and O–H groups in total.